The molecule has 0 aliphatic carbocycles. The fourth-order valence-corrected chi connectivity index (χ4v) is 3.53. The van der Waals surface area contributed by atoms with E-state index in [9.17, 15) is 9.59 Å². The third-order valence-electron chi connectivity index (χ3n) is 4.26. The lowest BCUT2D eigenvalue weighted by Gasteiger charge is -2.25. The van der Waals surface area contributed by atoms with E-state index in [0.29, 0.717) is 17.4 Å². The lowest BCUT2D eigenvalue weighted by molar-refractivity contribution is -0.146. The first-order chi connectivity index (χ1) is 13.6. The van der Waals surface area contributed by atoms with E-state index in [0.717, 1.165) is 11.1 Å². The number of methoxy groups -OCH3 is 1. The van der Waals surface area contributed by atoms with Crippen LogP contribution in [0.5, 0.6) is 0 Å². The molecule has 3 aromatic rings. The van der Waals surface area contributed by atoms with Crippen LogP contribution in [-0.4, -0.2) is 41.2 Å². The smallest absolute Gasteiger partial charge is 0.310 e. The Bertz CT molecular complexity index is 909. The summed E-state index contributed by atoms with van der Waals surface area (Å²) in [4.78, 5) is 30.7. The maximum Gasteiger partial charge on any atom is 0.310 e. The Morgan fingerprint density at radius 3 is 2.57 bits per heavy atom. The average Bonchev–Trinajstić information content (AvgIpc) is 3.14. The van der Waals surface area contributed by atoms with E-state index in [1.54, 1.807) is 11.8 Å². The summed E-state index contributed by atoms with van der Waals surface area (Å²) in [6.07, 6.45) is 0. The van der Waals surface area contributed by atoms with Crippen molar-refractivity contribution in [3.63, 3.8) is 0 Å². The van der Waals surface area contributed by atoms with E-state index in [1.807, 2.05) is 54.6 Å². The highest BCUT2D eigenvalue weighted by molar-refractivity contribution is 7.99. The molecule has 0 saturated heterocycles. The number of aromatic nitrogens is 1. The first-order valence-electron chi connectivity index (χ1n) is 8.94. The molecule has 28 heavy (non-hydrogen) atoms. The first-order valence-corrected chi connectivity index (χ1v) is 9.93. The van der Waals surface area contributed by atoms with Gasteiger partial charge in [-0.15, -0.1) is 0 Å². The standard InChI is InChI=1S/C21H22N2O4S/c1-15(20(25)26-2)12-23(13-16-8-4-3-5-9-16)19(24)14-28-21-22-17-10-6-7-11-18(17)27-21/h3-11,15H,12-14H2,1-2H3/t15-/m1/s1. The van der Waals surface area contributed by atoms with Gasteiger partial charge in [-0.05, 0) is 17.7 Å². The molecule has 6 nitrogen and oxygen atoms in total. The molecule has 1 amide bonds. The number of benzene rings is 2. The molecule has 0 aliphatic rings. The van der Waals surface area contributed by atoms with Gasteiger partial charge in [-0.25, -0.2) is 4.98 Å². The summed E-state index contributed by atoms with van der Waals surface area (Å²) in [6.45, 7) is 2.47. The molecular formula is C21H22N2O4S. The molecule has 1 aromatic heterocycles. The average molecular weight is 398 g/mol. The van der Waals surface area contributed by atoms with Crippen molar-refractivity contribution in [2.75, 3.05) is 19.4 Å². The van der Waals surface area contributed by atoms with E-state index in [4.69, 9.17) is 9.15 Å². The fraction of sp³-hybridized carbons (Fsp3) is 0.286. The third kappa shape index (κ3) is 5.13. The van der Waals surface area contributed by atoms with Gasteiger partial charge in [0.25, 0.3) is 5.22 Å². The number of oxazole rings is 1. The number of thioether (sulfide) groups is 1. The Labute approximate surface area is 167 Å². The van der Waals surface area contributed by atoms with Gasteiger partial charge in [0.1, 0.15) is 5.52 Å². The zero-order valence-electron chi connectivity index (χ0n) is 15.8. The van der Waals surface area contributed by atoms with Gasteiger partial charge in [0.15, 0.2) is 5.58 Å². The lowest BCUT2D eigenvalue weighted by atomic mass is 10.1. The van der Waals surface area contributed by atoms with Gasteiger partial charge < -0.3 is 14.1 Å². The summed E-state index contributed by atoms with van der Waals surface area (Å²) in [7, 11) is 1.35. The summed E-state index contributed by atoms with van der Waals surface area (Å²) in [5.41, 5.74) is 2.45. The van der Waals surface area contributed by atoms with Gasteiger partial charge >= 0.3 is 5.97 Å². The molecule has 0 N–H and O–H groups in total. The number of fused-ring (bicyclic) bond motifs is 1. The molecule has 2 aromatic carbocycles. The quantitative estimate of drug-likeness (QED) is 0.425. The van der Waals surface area contributed by atoms with Gasteiger partial charge in [-0.3, -0.25) is 9.59 Å². The van der Waals surface area contributed by atoms with Crippen LogP contribution in [-0.2, 0) is 20.9 Å². The molecule has 0 spiro atoms. The fourth-order valence-electron chi connectivity index (χ4n) is 2.79. The van der Waals surface area contributed by atoms with Crippen LogP contribution in [0.3, 0.4) is 0 Å². The normalized spacial score (nSPS) is 11.9. The number of ether oxygens (including phenoxy) is 1. The van der Waals surface area contributed by atoms with Gasteiger partial charge in [0.05, 0.1) is 18.8 Å². The molecule has 0 radical (unpaired) electrons. The Balaban J connectivity index is 1.68. The van der Waals surface area contributed by atoms with Gasteiger partial charge in [-0.1, -0.05) is 61.2 Å². The maximum atomic E-state index is 12.9. The highest BCUT2D eigenvalue weighted by Crippen LogP contribution is 2.23. The lowest BCUT2D eigenvalue weighted by Crippen LogP contribution is -2.37. The van der Waals surface area contributed by atoms with Crippen LogP contribution in [0.25, 0.3) is 11.1 Å². The number of rotatable bonds is 8. The number of amides is 1. The van der Waals surface area contributed by atoms with Crippen LogP contribution in [0, 0.1) is 5.92 Å². The van der Waals surface area contributed by atoms with Crippen molar-refractivity contribution in [3.05, 3.63) is 60.2 Å². The summed E-state index contributed by atoms with van der Waals surface area (Å²) in [6, 6.07) is 17.2. The molecule has 0 fully saturated rings. The molecule has 1 heterocycles. The highest BCUT2D eigenvalue weighted by Gasteiger charge is 2.22. The van der Waals surface area contributed by atoms with E-state index < -0.39 is 5.92 Å². The zero-order chi connectivity index (χ0) is 19.9. The summed E-state index contributed by atoms with van der Waals surface area (Å²) >= 11 is 1.25. The second kappa shape index (κ2) is 9.41. The van der Waals surface area contributed by atoms with Crippen molar-refractivity contribution in [1.29, 1.82) is 0 Å². The summed E-state index contributed by atoms with van der Waals surface area (Å²) < 4.78 is 10.5. The number of hydrogen-bond donors (Lipinski definition) is 0. The molecule has 0 saturated carbocycles. The van der Waals surface area contributed by atoms with Crippen molar-refractivity contribution in [2.45, 2.75) is 18.7 Å². The Morgan fingerprint density at radius 2 is 1.86 bits per heavy atom. The molecular weight excluding hydrogens is 376 g/mol. The largest absolute Gasteiger partial charge is 0.469 e. The molecule has 0 bridgehead atoms. The number of nitrogens with zero attached hydrogens (tertiary/aromatic N) is 2. The highest BCUT2D eigenvalue weighted by atomic mass is 32.2. The van der Waals surface area contributed by atoms with Crippen molar-refractivity contribution in [3.8, 4) is 0 Å². The minimum absolute atomic E-state index is 0.0909. The van der Waals surface area contributed by atoms with Crippen LogP contribution in [0.2, 0.25) is 0 Å². The van der Waals surface area contributed by atoms with Gasteiger partial charge in [0.2, 0.25) is 5.91 Å². The second-order valence-corrected chi connectivity index (χ2v) is 7.35. The zero-order valence-corrected chi connectivity index (χ0v) is 16.6. The SMILES string of the molecule is COC(=O)[C@H](C)CN(Cc1ccccc1)C(=O)CSc1nc2ccccc2o1. The molecule has 3 rings (SSSR count). The van der Waals surface area contributed by atoms with Crippen LogP contribution in [0.15, 0.2) is 64.2 Å². The third-order valence-corrected chi connectivity index (χ3v) is 5.07. The van der Waals surface area contributed by atoms with Crippen molar-refractivity contribution < 1.29 is 18.7 Å². The number of carbonyl (C=O) groups excluding carboxylic acids is 2. The van der Waals surface area contributed by atoms with E-state index in [2.05, 4.69) is 4.98 Å². The van der Waals surface area contributed by atoms with Gasteiger partial charge in [-0.2, -0.15) is 0 Å². The Morgan fingerprint density at radius 1 is 1.14 bits per heavy atom. The number of carbonyl (C=O) groups is 2. The maximum absolute atomic E-state index is 12.9. The Kier molecular flexibility index (Phi) is 6.71. The van der Waals surface area contributed by atoms with Crippen LogP contribution < -0.4 is 0 Å². The van der Waals surface area contributed by atoms with Crippen molar-refractivity contribution >= 4 is 34.7 Å². The first kappa shape index (κ1) is 19.9. The molecule has 0 aliphatic heterocycles. The van der Waals surface area contributed by atoms with E-state index >= 15 is 0 Å². The molecule has 146 valence electrons. The van der Waals surface area contributed by atoms with Crippen LogP contribution >= 0.6 is 11.8 Å². The second-order valence-electron chi connectivity index (χ2n) is 6.42. The summed E-state index contributed by atoms with van der Waals surface area (Å²) in [5.74, 6) is -0.663. The van der Waals surface area contributed by atoms with Crippen LogP contribution in [0.1, 0.15) is 12.5 Å². The Hall–Kier alpha value is -2.80. The minimum Gasteiger partial charge on any atom is -0.469 e. The number of para-hydroxylation sites is 2. The van der Waals surface area contributed by atoms with Crippen molar-refractivity contribution in [1.82, 2.24) is 9.88 Å². The van der Waals surface area contributed by atoms with E-state index in [1.165, 1.54) is 18.9 Å². The van der Waals surface area contributed by atoms with E-state index in [-0.39, 0.29) is 24.2 Å². The van der Waals surface area contributed by atoms with Crippen molar-refractivity contribution in [2.24, 2.45) is 5.92 Å². The minimum atomic E-state index is -0.410. The van der Waals surface area contributed by atoms with Gasteiger partial charge in [0, 0.05) is 13.1 Å². The predicted molar refractivity (Wildman–Crippen MR) is 108 cm³/mol. The molecule has 0 unspecified atom stereocenters. The number of hydrogen-bond acceptors (Lipinski definition) is 6. The summed E-state index contributed by atoms with van der Waals surface area (Å²) in [5, 5.41) is 0.454. The number of esters is 1. The van der Waals surface area contributed by atoms with Crippen LogP contribution in [0.4, 0.5) is 0 Å². The predicted octanol–water partition coefficient (Wildman–Crippen LogP) is 3.76. The monoisotopic (exact) mass is 398 g/mol. The molecule has 7 heteroatoms. The topological polar surface area (TPSA) is 72.6 Å². The molecule has 1 atom stereocenters.